The Balaban J connectivity index is 1.21. The van der Waals surface area contributed by atoms with E-state index in [1.165, 1.54) is 17.4 Å². The van der Waals surface area contributed by atoms with E-state index in [1.807, 2.05) is 64.9 Å². The molecule has 0 atom stereocenters. The zero-order chi connectivity index (χ0) is 23.0. The van der Waals surface area contributed by atoms with E-state index in [2.05, 4.69) is 32.5 Å². The van der Waals surface area contributed by atoms with Gasteiger partial charge in [-0.2, -0.15) is 0 Å². The molecule has 0 aliphatic carbocycles. The molecule has 1 fully saturated rings. The van der Waals surface area contributed by atoms with Crippen molar-refractivity contribution in [3.8, 4) is 0 Å². The molecule has 1 N–H and O–H groups in total. The number of carbonyl (C=O) groups is 2. The molecule has 0 saturated carbocycles. The largest absolute Gasteiger partial charge is 0.368 e. The van der Waals surface area contributed by atoms with E-state index in [4.69, 9.17) is 0 Å². The smallest absolute Gasteiger partial charge is 0.242 e. The maximum absolute atomic E-state index is 12.5. The van der Waals surface area contributed by atoms with Crippen LogP contribution in [0.1, 0.15) is 11.4 Å². The first-order valence-corrected chi connectivity index (χ1v) is 12.0. The third-order valence-electron chi connectivity index (χ3n) is 5.61. The molecular formula is C24H28N6O2S. The number of aryl methyl sites for hydroxylation is 1. The second kappa shape index (κ2) is 11.0. The Kier molecular flexibility index (Phi) is 7.62. The molecule has 1 aliphatic rings. The highest BCUT2D eigenvalue weighted by Gasteiger charge is 2.21. The maximum Gasteiger partial charge on any atom is 0.242 e. The first-order chi connectivity index (χ1) is 16.1. The average molecular weight is 465 g/mol. The third kappa shape index (κ3) is 6.13. The van der Waals surface area contributed by atoms with Gasteiger partial charge in [-0.1, -0.05) is 60.3 Å². The Bertz CT molecular complexity index is 1070. The monoisotopic (exact) mass is 464 g/mol. The number of benzene rings is 2. The molecule has 172 valence electrons. The number of thioether (sulfide) groups is 1. The minimum absolute atomic E-state index is 0.0143. The molecule has 0 unspecified atom stereocenters. The van der Waals surface area contributed by atoms with Gasteiger partial charge in [0.2, 0.25) is 11.8 Å². The first-order valence-electron chi connectivity index (χ1n) is 11.0. The summed E-state index contributed by atoms with van der Waals surface area (Å²) in [7, 11) is 0. The van der Waals surface area contributed by atoms with E-state index < -0.39 is 0 Å². The van der Waals surface area contributed by atoms with Gasteiger partial charge in [-0.15, -0.1) is 10.2 Å². The molecule has 0 spiro atoms. The standard InChI is InChI=1S/C24H28N6O2S/c1-19-26-27-24(30(19)17-20-8-4-2-5-9-20)33-18-22(31)25-16-23(32)29-14-12-28(13-15-29)21-10-6-3-7-11-21/h2-11H,12-18H2,1H3,(H,25,31). The Labute approximate surface area is 198 Å². The number of aromatic nitrogens is 3. The molecule has 1 aromatic heterocycles. The van der Waals surface area contributed by atoms with Crippen molar-refractivity contribution >= 4 is 29.3 Å². The SMILES string of the molecule is Cc1nnc(SCC(=O)NCC(=O)N2CCN(c3ccccc3)CC2)n1Cc1ccccc1. The molecule has 2 aromatic carbocycles. The van der Waals surface area contributed by atoms with Crippen LogP contribution in [0.2, 0.25) is 0 Å². The van der Waals surface area contributed by atoms with Crippen molar-refractivity contribution in [3.05, 3.63) is 72.1 Å². The number of rotatable bonds is 8. The van der Waals surface area contributed by atoms with Crippen molar-refractivity contribution in [2.24, 2.45) is 0 Å². The van der Waals surface area contributed by atoms with E-state index in [-0.39, 0.29) is 24.1 Å². The molecule has 2 amide bonds. The topological polar surface area (TPSA) is 83.4 Å². The number of amides is 2. The Morgan fingerprint density at radius 2 is 1.61 bits per heavy atom. The molecule has 2 heterocycles. The van der Waals surface area contributed by atoms with Gasteiger partial charge in [0.1, 0.15) is 5.82 Å². The molecule has 0 radical (unpaired) electrons. The van der Waals surface area contributed by atoms with Gasteiger partial charge in [-0.3, -0.25) is 9.59 Å². The number of piperazine rings is 1. The van der Waals surface area contributed by atoms with Gasteiger partial charge in [-0.25, -0.2) is 0 Å². The summed E-state index contributed by atoms with van der Waals surface area (Å²) in [6.45, 7) is 5.44. The first kappa shape index (κ1) is 22.8. The van der Waals surface area contributed by atoms with Crippen LogP contribution in [0, 0.1) is 6.92 Å². The highest BCUT2D eigenvalue weighted by Crippen LogP contribution is 2.18. The van der Waals surface area contributed by atoms with E-state index >= 15 is 0 Å². The highest BCUT2D eigenvalue weighted by molar-refractivity contribution is 7.99. The lowest BCUT2D eigenvalue weighted by molar-refractivity contribution is -0.132. The molecular weight excluding hydrogens is 436 g/mol. The van der Waals surface area contributed by atoms with Crippen molar-refractivity contribution < 1.29 is 9.59 Å². The summed E-state index contributed by atoms with van der Waals surface area (Å²) < 4.78 is 1.99. The van der Waals surface area contributed by atoms with Crippen molar-refractivity contribution in [2.45, 2.75) is 18.6 Å². The fourth-order valence-corrected chi connectivity index (χ4v) is 4.55. The molecule has 8 nitrogen and oxygen atoms in total. The summed E-state index contributed by atoms with van der Waals surface area (Å²) in [6, 6.07) is 20.3. The van der Waals surface area contributed by atoms with E-state index in [0.29, 0.717) is 24.8 Å². The number of para-hydroxylation sites is 1. The maximum atomic E-state index is 12.5. The number of hydrogen-bond donors (Lipinski definition) is 1. The van der Waals surface area contributed by atoms with Crippen LogP contribution in [0.3, 0.4) is 0 Å². The fourth-order valence-electron chi connectivity index (χ4n) is 3.74. The summed E-state index contributed by atoms with van der Waals surface area (Å²) in [4.78, 5) is 29.0. The molecule has 9 heteroatoms. The second-order valence-corrected chi connectivity index (χ2v) is 8.81. The number of nitrogens with zero attached hydrogens (tertiary/aromatic N) is 5. The predicted molar refractivity (Wildman–Crippen MR) is 129 cm³/mol. The second-order valence-electron chi connectivity index (χ2n) is 7.87. The van der Waals surface area contributed by atoms with Gasteiger partial charge in [0.05, 0.1) is 18.8 Å². The Hall–Kier alpha value is -3.33. The number of carbonyl (C=O) groups excluding carboxylic acids is 2. The van der Waals surface area contributed by atoms with E-state index in [9.17, 15) is 9.59 Å². The minimum Gasteiger partial charge on any atom is -0.368 e. The predicted octanol–water partition coefficient (Wildman–Crippen LogP) is 2.19. The van der Waals surface area contributed by atoms with Gasteiger partial charge >= 0.3 is 0 Å². The molecule has 1 saturated heterocycles. The zero-order valence-electron chi connectivity index (χ0n) is 18.7. The number of anilines is 1. The molecule has 0 bridgehead atoms. The average Bonchev–Trinajstić information content (AvgIpc) is 3.21. The van der Waals surface area contributed by atoms with Gasteiger partial charge in [0.25, 0.3) is 0 Å². The van der Waals surface area contributed by atoms with Crippen molar-refractivity contribution in [1.82, 2.24) is 25.0 Å². The normalized spacial score (nSPS) is 13.7. The van der Waals surface area contributed by atoms with Crippen LogP contribution in [0.15, 0.2) is 65.8 Å². The Morgan fingerprint density at radius 3 is 2.30 bits per heavy atom. The summed E-state index contributed by atoms with van der Waals surface area (Å²) in [5.74, 6) is 0.737. The van der Waals surface area contributed by atoms with Gasteiger partial charge in [0, 0.05) is 31.9 Å². The third-order valence-corrected chi connectivity index (χ3v) is 6.57. The van der Waals surface area contributed by atoms with Gasteiger partial charge < -0.3 is 19.7 Å². The molecule has 3 aromatic rings. The van der Waals surface area contributed by atoms with E-state index in [0.717, 1.165) is 24.5 Å². The lowest BCUT2D eigenvalue weighted by Crippen LogP contribution is -2.51. The number of nitrogens with one attached hydrogen (secondary N) is 1. The van der Waals surface area contributed by atoms with E-state index in [1.54, 1.807) is 0 Å². The van der Waals surface area contributed by atoms with Crippen LogP contribution >= 0.6 is 11.8 Å². The molecule has 4 rings (SSSR count). The van der Waals surface area contributed by atoms with Crippen LogP contribution in [-0.2, 0) is 16.1 Å². The van der Waals surface area contributed by atoms with Crippen LogP contribution < -0.4 is 10.2 Å². The lowest BCUT2D eigenvalue weighted by atomic mass is 10.2. The van der Waals surface area contributed by atoms with Crippen molar-refractivity contribution in [1.29, 1.82) is 0 Å². The van der Waals surface area contributed by atoms with Crippen LogP contribution in [0.25, 0.3) is 0 Å². The lowest BCUT2D eigenvalue weighted by Gasteiger charge is -2.36. The van der Waals surface area contributed by atoms with Crippen LogP contribution in [0.4, 0.5) is 5.69 Å². The summed E-state index contributed by atoms with van der Waals surface area (Å²) in [5.41, 5.74) is 2.31. The molecule has 33 heavy (non-hydrogen) atoms. The Morgan fingerprint density at radius 1 is 0.939 bits per heavy atom. The van der Waals surface area contributed by atoms with Crippen LogP contribution in [0.5, 0.6) is 0 Å². The van der Waals surface area contributed by atoms with Gasteiger partial charge in [0.15, 0.2) is 5.16 Å². The summed E-state index contributed by atoms with van der Waals surface area (Å²) >= 11 is 1.33. The van der Waals surface area contributed by atoms with Crippen molar-refractivity contribution in [2.75, 3.05) is 43.4 Å². The summed E-state index contributed by atoms with van der Waals surface area (Å²) in [5, 5.41) is 11.8. The summed E-state index contributed by atoms with van der Waals surface area (Å²) in [6.07, 6.45) is 0. The highest BCUT2D eigenvalue weighted by atomic mass is 32.2. The number of hydrogen-bond acceptors (Lipinski definition) is 6. The van der Waals surface area contributed by atoms with Gasteiger partial charge in [-0.05, 0) is 24.6 Å². The zero-order valence-corrected chi connectivity index (χ0v) is 19.5. The fraction of sp³-hybridized carbons (Fsp3) is 0.333. The minimum atomic E-state index is -0.191. The quantitative estimate of drug-likeness (QED) is 0.515. The van der Waals surface area contributed by atoms with Crippen molar-refractivity contribution in [3.63, 3.8) is 0 Å². The van der Waals surface area contributed by atoms with Crippen LogP contribution in [-0.4, -0.2) is 70.0 Å². The molecule has 1 aliphatic heterocycles.